The van der Waals surface area contributed by atoms with E-state index in [1.807, 2.05) is 30.5 Å². The van der Waals surface area contributed by atoms with Gasteiger partial charge in [-0.1, -0.05) is 15.9 Å². The SMILES string of the molecule is N#CCCCCCOc1ccc(Br)cc1C1N=C(NC#N)Nc2nc(N)c(C#N)c(N)c21. The van der Waals surface area contributed by atoms with Crippen LogP contribution in [0.3, 0.4) is 0 Å². The van der Waals surface area contributed by atoms with Gasteiger partial charge in [0.1, 0.15) is 35.1 Å². The van der Waals surface area contributed by atoms with Gasteiger partial charge in [-0.3, -0.25) is 5.32 Å². The molecule has 1 atom stereocenters. The first kappa shape index (κ1) is 22.7. The second kappa shape index (κ2) is 10.3. The molecule has 6 N–H and O–H groups in total. The zero-order valence-corrected chi connectivity index (χ0v) is 18.6. The van der Waals surface area contributed by atoms with E-state index in [4.69, 9.17) is 26.7 Å². The quantitative estimate of drug-likeness (QED) is 0.255. The molecule has 11 heteroatoms. The highest BCUT2D eigenvalue weighted by Crippen LogP contribution is 2.43. The fourth-order valence-corrected chi connectivity index (χ4v) is 3.71. The second-order valence-electron chi connectivity index (χ2n) is 6.90. The standard InChI is InChI=1S/C21H20BrN9O/c22-12-5-6-15(32-8-4-2-1-3-7-23)13(9-12)18-16-17(26)14(10-24)19(27)30-20(16)31-21(29-18)28-11-25/h5-6,9,18H,1-4,8H2,(H6,26,27,28,29,30,31). The van der Waals surface area contributed by atoms with Crippen LogP contribution < -0.4 is 26.8 Å². The summed E-state index contributed by atoms with van der Waals surface area (Å²) < 4.78 is 6.82. The highest BCUT2D eigenvalue weighted by atomic mass is 79.9. The monoisotopic (exact) mass is 493 g/mol. The summed E-state index contributed by atoms with van der Waals surface area (Å²) in [5.41, 5.74) is 13.6. The minimum absolute atomic E-state index is 0.0173. The molecule has 2 heterocycles. The summed E-state index contributed by atoms with van der Waals surface area (Å²) in [6.45, 7) is 0.462. The summed E-state index contributed by atoms with van der Waals surface area (Å²) in [4.78, 5) is 8.85. The van der Waals surface area contributed by atoms with Crippen LogP contribution in [0.2, 0.25) is 0 Å². The lowest BCUT2D eigenvalue weighted by atomic mass is 9.94. The summed E-state index contributed by atoms with van der Waals surface area (Å²) >= 11 is 3.48. The third-order valence-corrected chi connectivity index (χ3v) is 5.31. The molecular weight excluding hydrogens is 474 g/mol. The molecule has 1 unspecified atom stereocenters. The lowest BCUT2D eigenvalue weighted by Crippen LogP contribution is -2.33. The Morgan fingerprint density at radius 2 is 2.00 bits per heavy atom. The fraction of sp³-hybridized carbons (Fsp3) is 0.286. The first-order chi connectivity index (χ1) is 15.5. The Hall–Kier alpha value is -4.01. The molecule has 0 amide bonds. The minimum atomic E-state index is -0.701. The number of fused-ring (bicyclic) bond motifs is 1. The van der Waals surface area contributed by atoms with Crippen LogP contribution in [0.15, 0.2) is 27.7 Å². The van der Waals surface area contributed by atoms with Gasteiger partial charge in [0.05, 0.1) is 18.4 Å². The fourth-order valence-electron chi connectivity index (χ4n) is 3.34. The molecule has 2 aromatic rings. The van der Waals surface area contributed by atoms with Crippen molar-refractivity contribution in [3.63, 3.8) is 0 Å². The largest absolute Gasteiger partial charge is 0.493 e. The van der Waals surface area contributed by atoms with E-state index in [0.29, 0.717) is 35.7 Å². The Kier molecular flexibility index (Phi) is 7.33. The van der Waals surface area contributed by atoms with Gasteiger partial charge in [0.25, 0.3) is 0 Å². The van der Waals surface area contributed by atoms with E-state index < -0.39 is 6.04 Å². The summed E-state index contributed by atoms with van der Waals surface area (Å²) in [6.07, 6.45) is 4.85. The molecule has 3 rings (SSSR count). The average molecular weight is 494 g/mol. The number of unbranched alkanes of at least 4 members (excludes halogenated alkanes) is 3. The number of pyridine rings is 1. The number of nitrogen functional groups attached to an aromatic ring is 2. The van der Waals surface area contributed by atoms with Crippen LogP contribution in [0, 0.1) is 34.1 Å². The number of guanidine groups is 1. The molecule has 162 valence electrons. The van der Waals surface area contributed by atoms with Gasteiger partial charge in [-0.15, -0.1) is 0 Å². The van der Waals surface area contributed by atoms with Gasteiger partial charge in [-0.2, -0.15) is 15.8 Å². The Bertz CT molecular complexity index is 1170. The van der Waals surface area contributed by atoms with Crippen molar-refractivity contribution in [3.05, 3.63) is 39.4 Å². The molecule has 0 radical (unpaired) electrons. The number of nitrogens with one attached hydrogen (secondary N) is 2. The first-order valence-electron chi connectivity index (χ1n) is 9.78. The molecule has 1 aliphatic heterocycles. The van der Waals surface area contributed by atoms with Crippen molar-refractivity contribution < 1.29 is 4.74 Å². The van der Waals surface area contributed by atoms with Crippen LogP contribution in [0.25, 0.3) is 0 Å². The van der Waals surface area contributed by atoms with Crippen LogP contribution in [0.5, 0.6) is 5.75 Å². The molecule has 0 saturated carbocycles. The number of halogens is 1. The molecule has 0 fully saturated rings. The third kappa shape index (κ3) is 4.83. The smallest absolute Gasteiger partial charge is 0.211 e. The van der Waals surface area contributed by atoms with Crippen molar-refractivity contribution in [3.8, 4) is 24.1 Å². The summed E-state index contributed by atoms with van der Waals surface area (Å²) in [5.74, 6) is 1.04. The Balaban J connectivity index is 2.03. The molecule has 32 heavy (non-hydrogen) atoms. The summed E-state index contributed by atoms with van der Waals surface area (Å²) in [7, 11) is 0. The predicted molar refractivity (Wildman–Crippen MR) is 123 cm³/mol. The van der Waals surface area contributed by atoms with Gasteiger partial charge in [0.2, 0.25) is 5.96 Å². The summed E-state index contributed by atoms with van der Waals surface area (Å²) in [5, 5.41) is 32.6. The van der Waals surface area contributed by atoms with E-state index in [0.717, 1.165) is 23.7 Å². The second-order valence-corrected chi connectivity index (χ2v) is 7.82. The number of benzene rings is 1. The van der Waals surface area contributed by atoms with Gasteiger partial charge in [0.15, 0.2) is 6.19 Å². The molecule has 1 aromatic carbocycles. The zero-order valence-electron chi connectivity index (χ0n) is 17.0. The Morgan fingerprint density at radius 1 is 1.19 bits per heavy atom. The molecule has 1 aliphatic rings. The highest BCUT2D eigenvalue weighted by Gasteiger charge is 2.31. The van der Waals surface area contributed by atoms with E-state index in [1.54, 1.807) is 0 Å². The molecule has 0 saturated heterocycles. The van der Waals surface area contributed by atoms with E-state index in [9.17, 15) is 5.26 Å². The number of aliphatic imine (C=N–C) groups is 1. The maximum absolute atomic E-state index is 9.48. The van der Waals surface area contributed by atoms with E-state index in [-0.39, 0.29) is 23.0 Å². The number of aromatic nitrogens is 1. The van der Waals surface area contributed by atoms with Crippen molar-refractivity contribution in [2.75, 3.05) is 23.4 Å². The van der Waals surface area contributed by atoms with Crippen molar-refractivity contribution >= 4 is 39.2 Å². The number of hydrogen-bond donors (Lipinski definition) is 4. The van der Waals surface area contributed by atoms with Crippen molar-refractivity contribution in [2.45, 2.75) is 31.7 Å². The van der Waals surface area contributed by atoms with E-state index in [2.05, 4.69) is 42.6 Å². The van der Waals surface area contributed by atoms with Crippen molar-refractivity contribution in [2.24, 2.45) is 4.99 Å². The lowest BCUT2D eigenvalue weighted by molar-refractivity contribution is 0.301. The predicted octanol–water partition coefficient (Wildman–Crippen LogP) is 3.28. The zero-order chi connectivity index (χ0) is 23.1. The van der Waals surface area contributed by atoms with Crippen LogP contribution >= 0.6 is 15.9 Å². The van der Waals surface area contributed by atoms with Crippen LogP contribution in [0.1, 0.15) is 48.4 Å². The maximum atomic E-state index is 9.48. The topological polar surface area (TPSA) is 182 Å². The van der Waals surface area contributed by atoms with Gasteiger partial charge < -0.3 is 21.5 Å². The van der Waals surface area contributed by atoms with Gasteiger partial charge >= 0.3 is 0 Å². The number of nitrogens with zero attached hydrogens (tertiary/aromatic N) is 5. The minimum Gasteiger partial charge on any atom is -0.493 e. The Morgan fingerprint density at radius 3 is 2.72 bits per heavy atom. The number of anilines is 3. The summed E-state index contributed by atoms with van der Waals surface area (Å²) in [6, 6.07) is 8.93. The average Bonchev–Trinajstić information content (AvgIpc) is 2.76. The molecular formula is C21H20BrN9O. The molecule has 0 aliphatic carbocycles. The van der Waals surface area contributed by atoms with Crippen LogP contribution in [-0.4, -0.2) is 17.6 Å². The molecule has 0 bridgehead atoms. The van der Waals surface area contributed by atoms with Crippen LogP contribution in [0.4, 0.5) is 17.3 Å². The van der Waals surface area contributed by atoms with Crippen LogP contribution in [-0.2, 0) is 0 Å². The number of rotatable bonds is 7. The molecule has 0 spiro atoms. The maximum Gasteiger partial charge on any atom is 0.211 e. The normalized spacial score (nSPS) is 14.1. The Labute approximate surface area is 193 Å². The number of hydrogen-bond acceptors (Lipinski definition) is 10. The van der Waals surface area contributed by atoms with E-state index in [1.165, 1.54) is 0 Å². The molecule has 1 aromatic heterocycles. The van der Waals surface area contributed by atoms with Crippen molar-refractivity contribution in [1.29, 1.82) is 15.8 Å². The van der Waals surface area contributed by atoms with Gasteiger partial charge in [-0.25, -0.2) is 9.98 Å². The van der Waals surface area contributed by atoms with E-state index >= 15 is 0 Å². The lowest BCUT2D eigenvalue weighted by Gasteiger charge is -2.27. The molecule has 10 nitrogen and oxygen atoms in total. The third-order valence-electron chi connectivity index (χ3n) is 4.81. The number of ether oxygens (including phenoxy) is 1. The number of nitriles is 3. The first-order valence-corrected chi connectivity index (χ1v) is 10.6. The highest BCUT2D eigenvalue weighted by molar-refractivity contribution is 9.10. The number of nitrogens with two attached hydrogens (primary N) is 2. The van der Waals surface area contributed by atoms with Crippen molar-refractivity contribution in [1.82, 2.24) is 10.3 Å². The van der Waals surface area contributed by atoms with Gasteiger partial charge in [0, 0.05) is 22.0 Å². The van der Waals surface area contributed by atoms with Gasteiger partial charge in [-0.05, 0) is 37.5 Å².